The van der Waals surface area contributed by atoms with Gasteiger partial charge in [-0.2, -0.15) is 0 Å². The van der Waals surface area contributed by atoms with Crippen LogP contribution in [0.2, 0.25) is 5.02 Å². The molecule has 0 aliphatic heterocycles. The number of nitrogens with two attached hydrogens (primary N) is 1. The number of primary sulfonamides is 1. The first-order valence-electron chi connectivity index (χ1n) is 3.40. The van der Waals surface area contributed by atoms with E-state index in [2.05, 4.69) is 4.98 Å². The molecule has 0 spiro atoms. The van der Waals surface area contributed by atoms with E-state index in [1.54, 1.807) is 22.6 Å². The Bertz CT molecular complexity index is 494. The van der Waals surface area contributed by atoms with E-state index in [1.165, 1.54) is 0 Å². The molecule has 0 unspecified atom stereocenters. The van der Waals surface area contributed by atoms with E-state index in [1.807, 2.05) is 0 Å². The minimum atomic E-state index is -4.30. The first-order chi connectivity index (χ1) is 6.75. The summed E-state index contributed by atoms with van der Waals surface area (Å²) < 4.78 is 47.2. The van der Waals surface area contributed by atoms with Gasteiger partial charge in [-0.05, 0) is 22.6 Å². The maximum Gasteiger partial charge on any atom is 0.268 e. The zero-order valence-corrected chi connectivity index (χ0v) is 10.6. The Morgan fingerprint density at radius 2 is 2.07 bits per heavy atom. The van der Waals surface area contributed by atoms with Crippen LogP contribution in [0.25, 0.3) is 0 Å². The van der Waals surface area contributed by atoms with E-state index in [-0.39, 0.29) is 8.59 Å². The summed E-state index contributed by atoms with van der Waals surface area (Å²) in [5.41, 5.74) is -0.855. The molecule has 0 radical (unpaired) electrons. The molecule has 0 saturated carbocycles. The molecular formula is C6H4ClF2IN2O2S. The second-order valence-corrected chi connectivity index (χ2v) is 5.50. The van der Waals surface area contributed by atoms with Gasteiger partial charge in [-0.25, -0.2) is 27.3 Å². The first kappa shape index (κ1) is 13.0. The number of nitrogens with zero attached hydrogens (tertiary/aromatic N) is 1. The van der Waals surface area contributed by atoms with Crippen molar-refractivity contribution in [2.75, 3.05) is 0 Å². The summed E-state index contributed by atoms with van der Waals surface area (Å²) in [4.78, 5) is 3.35. The quantitative estimate of drug-likeness (QED) is 0.811. The number of hydrogen-bond donors (Lipinski definition) is 1. The Hall–Kier alpha value is -0.0600. The molecule has 0 aromatic carbocycles. The molecule has 0 aliphatic carbocycles. The highest BCUT2D eigenvalue weighted by atomic mass is 127. The average molecular weight is 369 g/mol. The summed E-state index contributed by atoms with van der Waals surface area (Å²) >= 11 is 7.22. The lowest BCUT2D eigenvalue weighted by molar-refractivity contribution is 0.147. The number of halogens is 4. The Morgan fingerprint density at radius 3 is 2.47 bits per heavy atom. The van der Waals surface area contributed by atoms with Crippen molar-refractivity contribution in [2.45, 2.75) is 11.5 Å². The van der Waals surface area contributed by atoms with Gasteiger partial charge in [0.05, 0.1) is 14.2 Å². The van der Waals surface area contributed by atoms with Crippen LogP contribution in [0.5, 0.6) is 0 Å². The Morgan fingerprint density at radius 1 is 1.53 bits per heavy atom. The van der Waals surface area contributed by atoms with E-state index in [9.17, 15) is 17.2 Å². The summed E-state index contributed by atoms with van der Waals surface area (Å²) in [6.45, 7) is 0. The number of hydrogen-bond acceptors (Lipinski definition) is 3. The van der Waals surface area contributed by atoms with E-state index in [0.29, 0.717) is 0 Å². The molecule has 0 amide bonds. The van der Waals surface area contributed by atoms with E-state index >= 15 is 0 Å². The number of alkyl halides is 2. The lowest BCUT2D eigenvalue weighted by Crippen LogP contribution is -2.17. The fourth-order valence-corrected chi connectivity index (χ4v) is 2.28. The smallest absolute Gasteiger partial charge is 0.242 e. The van der Waals surface area contributed by atoms with Crippen molar-refractivity contribution in [3.63, 3.8) is 0 Å². The second-order valence-electron chi connectivity index (χ2n) is 2.48. The standard InChI is InChI=1S/C6H4ClF2IN2O2S/c7-4-2(10)1-12-6(15(11,13)14)3(4)5(8)9/h1,5H,(H2,11,13,14). The largest absolute Gasteiger partial charge is 0.268 e. The van der Waals surface area contributed by atoms with E-state index < -0.39 is 27.0 Å². The fourth-order valence-electron chi connectivity index (χ4n) is 0.880. The molecule has 0 saturated heterocycles. The molecule has 1 rings (SSSR count). The third kappa shape index (κ3) is 2.74. The molecule has 1 heterocycles. The fraction of sp³-hybridized carbons (Fsp3) is 0.167. The molecule has 0 bridgehead atoms. The maximum absolute atomic E-state index is 12.6. The highest BCUT2D eigenvalue weighted by Crippen LogP contribution is 2.33. The number of sulfonamides is 1. The number of rotatable bonds is 2. The highest BCUT2D eigenvalue weighted by molar-refractivity contribution is 14.1. The van der Waals surface area contributed by atoms with Crippen molar-refractivity contribution >= 4 is 44.2 Å². The van der Waals surface area contributed by atoms with Crippen LogP contribution < -0.4 is 5.14 Å². The average Bonchev–Trinajstić information content (AvgIpc) is 2.06. The highest BCUT2D eigenvalue weighted by Gasteiger charge is 2.26. The van der Waals surface area contributed by atoms with Crippen LogP contribution in [-0.4, -0.2) is 13.4 Å². The van der Waals surface area contributed by atoms with Crippen molar-refractivity contribution in [3.8, 4) is 0 Å². The zero-order chi connectivity index (χ0) is 11.8. The monoisotopic (exact) mass is 368 g/mol. The predicted octanol–water partition coefficient (Wildman–Crippen LogP) is 1.92. The van der Waals surface area contributed by atoms with Gasteiger partial charge in [-0.1, -0.05) is 11.6 Å². The van der Waals surface area contributed by atoms with Crippen molar-refractivity contribution in [1.29, 1.82) is 0 Å². The summed E-state index contributed by atoms with van der Waals surface area (Å²) in [6, 6.07) is 0. The van der Waals surface area contributed by atoms with Gasteiger partial charge in [0.2, 0.25) is 0 Å². The topological polar surface area (TPSA) is 73.1 Å². The Kier molecular flexibility index (Phi) is 3.85. The van der Waals surface area contributed by atoms with Crippen molar-refractivity contribution in [3.05, 3.63) is 20.4 Å². The molecule has 1 aromatic rings. The molecule has 0 aliphatic rings. The third-order valence-electron chi connectivity index (χ3n) is 1.46. The molecule has 1 aromatic heterocycles. The van der Waals surface area contributed by atoms with Crippen molar-refractivity contribution in [1.82, 2.24) is 4.98 Å². The lowest BCUT2D eigenvalue weighted by Gasteiger charge is -2.08. The van der Waals surface area contributed by atoms with Gasteiger partial charge in [-0.3, -0.25) is 0 Å². The van der Waals surface area contributed by atoms with Crippen LogP contribution in [-0.2, 0) is 10.0 Å². The lowest BCUT2D eigenvalue weighted by atomic mass is 10.3. The SMILES string of the molecule is NS(=O)(=O)c1ncc(I)c(Cl)c1C(F)F. The molecule has 0 fully saturated rings. The molecule has 0 atom stereocenters. The van der Waals surface area contributed by atoms with Gasteiger partial charge >= 0.3 is 0 Å². The van der Waals surface area contributed by atoms with Crippen LogP contribution in [0, 0.1) is 3.57 Å². The zero-order valence-electron chi connectivity index (χ0n) is 6.92. The number of aromatic nitrogens is 1. The molecule has 15 heavy (non-hydrogen) atoms. The van der Waals surface area contributed by atoms with E-state index in [0.717, 1.165) is 6.20 Å². The Balaban J connectivity index is 3.62. The molecule has 2 N–H and O–H groups in total. The van der Waals surface area contributed by atoms with Crippen molar-refractivity contribution in [2.24, 2.45) is 5.14 Å². The van der Waals surface area contributed by atoms with Gasteiger partial charge in [0.25, 0.3) is 16.4 Å². The third-order valence-corrected chi connectivity index (χ3v) is 3.87. The minimum Gasteiger partial charge on any atom is -0.242 e. The Labute approximate surface area is 103 Å². The van der Waals surface area contributed by atoms with Crippen molar-refractivity contribution < 1.29 is 17.2 Å². The van der Waals surface area contributed by atoms with Gasteiger partial charge in [0.15, 0.2) is 5.03 Å². The van der Waals surface area contributed by atoms with E-state index in [4.69, 9.17) is 16.7 Å². The van der Waals surface area contributed by atoms with Crippen LogP contribution >= 0.6 is 34.2 Å². The van der Waals surface area contributed by atoms with Gasteiger partial charge in [0.1, 0.15) is 0 Å². The molecule has 84 valence electrons. The summed E-state index contributed by atoms with van der Waals surface area (Å²) in [5, 5.41) is 3.50. The summed E-state index contributed by atoms with van der Waals surface area (Å²) in [7, 11) is -4.30. The molecular weight excluding hydrogens is 364 g/mol. The van der Waals surface area contributed by atoms with Crippen LogP contribution in [0.3, 0.4) is 0 Å². The first-order valence-corrected chi connectivity index (χ1v) is 6.40. The maximum atomic E-state index is 12.6. The van der Waals surface area contributed by atoms with Crippen LogP contribution in [0.15, 0.2) is 11.2 Å². The van der Waals surface area contributed by atoms with Gasteiger partial charge < -0.3 is 0 Å². The summed E-state index contributed by atoms with van der Waals surface area (Å²) in [5.74, 6) is 0. The van der Waals surface area contributed by atoms with Crippen LogP contribution in [0.4, 0.5) is 8.78 Å². The normalized spacial score (nSPS) is 12.1. The second kappa shape index (κ2) is 4.44. The van der Waals surface area contributed by atoms with Crippen LogP contribution in [0.1, 0.15) is 12.0 Å². The molecule has 9 heteroatoms. The molecule has 4 nitrogen and oxygen atoms in total. The van der Waals surface area contributed by atoms with Gasteiger partial charge in [0, 0.05) is 6.20 Å². The minimum absolute atomic E-state index is 0.233. The number of pyridine rings is 1. The summed E-state index contributed by atoms with van der Waals surface area (Å²) in [6.07, 6.45) is -1.98. The predicted molar refractivity (Wildman–Crippen MR) is 58.3 cm³/mol. The van der Waals surface area contributed by atoms with Gasteiger partial charge in [-0.15, -0.1) is 0 Å².